The van der Waals surface area contributed by atoms with Gasteiger partial charge in [-0.15, -0.1) is 0 Å². The van der Waals surface area contributed by atoms with Crippen molar-refractivity contribution in [1.29, 1.82) is 0 Å². The number of halogens is 1. The van der Waals surface area contributed by atoms with E-state index in [0.29, 0.717) is 18.1 Å². The van der Waals surface area contributed by atoms with E-state index in [1.165, 1.54) is 0 Å². The van der Waals surface area contributed by atoms with Crippen LogP contribution in [0.2, 0.25) is 5.02 Å². The maximum Gasteiger partial charge on any atom is 0.310 e. The van der Waals surface area contributed by atoms with Crippen molar-refractivity contribution in [3.05, 3.63) is 59.4 Å². The lowest BCUT2D eigenvalue weighted by Gasteiger charge is -2.32. The van der Waals surface area contributed by atoms with E-state index in [1.54, 1.807) is 0 Å². The Morgan fingerprint density at radius 3 is 2.41 bits per heavy atom. The van der Waals surface area contributed by atoms with Crippen LogP contribution in [0.4, 0.5) is 0 Å². The maximum atomic E-state index is 12.1. The number of aromatic nitrogens is 1. The standard InChI is InChI=1S/C22H28ClNO3/c1-4-5-14-27-22(19(20(25)26)21(22,2)3)18(24-12-6-7-13-24)15-16-8-10-17(23)11-9-16/h6-13,18-19H,4-5,14-15H2,1-3H3,(H,25,26). The normalized spacial score (nSPS) is 24.5. The summed E-state index contributed by atoms with van der Waals surface area (Å²) in [6, 6.07) is 11.6. The molecule has 1 aromatic carbocycles. The molecule has 146 valence electrons. The molecular formula is C22H28ClNO3. The minimum Gasteiger partial charge on any atom is -0.481 e. The summed E-state index contributed by atoms with van der Waals surface area (Å²) in [5.41, 5.74) is -0.0796. The lowest BCUT2D eigenvalue weighted by molar-refractivity contribution is -0.142. The first-order valence-corrected chi connectivity index (χ1v) is 9.96. The molecule has 1 fully saturated rings. The molecule has 0 saturated heterocycles. The number of rotatable bonds is 9. The van der Waals surface area contributed by atoms with Gasteiger partial charge in [0, 0.05) is 29.4 Å². The molecule has 3 atom stereocenters. The maximum absolute atomic E-state index is 12.1. The average Bonchev–Trinajstić information content (AvgIpc) is 2.94. The number of carboxylic acid groups (broad SMARTS) is 1. The molecule has 0 amide bonds. The predicted molar refractivity (Wildman–Crippen MR) is 107 cm³/mol. The van der Waals surface area contributed by atoms with Crippen LogP contribution in [-0.4, -0.2) is 27.9 Å². The number of nitrogens with zero attached hydrogens (tertiary/aromatic N) is 1. The fourth-order valence-corrected chi connectivity index (χ4v) is 4.63. The number of unbranched alkanes of at least 4 members (excludes halogenated alkanes) is 1. The lowest BCUT2D eigenvalue weighted by Crippen LogP contribution is -2.36. The number of hydrogen-bond acceptors (Lipinski definition) is 2. The molecular weight excluding hydrogens is 362 g/mol. The number of carbonyl (C=O) groups is 1. The first-order chi connectivity index (χ1) is 12.8. The van der Waals surface area contributed by atoms with Crippen molar-refractivity contribution in [2.24, 2.45) is 11.3 Å². The van der Waals surface area contributed by atoms with Gasteiger partial charge < -0.3 is 14.4 Å². The zero-order valence-corrected chi connectivity index (χ0v) is 16.9. The third-order valence-electron chi connectivity index (χ3n) is 5.98. The summed E-state index contributed by atoms with van der Waals surface area (Å²) in [6.07, 6.45) is 6.62. The second kappa shape index (κ2) is 7.69. The molecule has 3 unspecified atom stereocenters. The van der Waals surface area contributed by atoms with E-state index in [9.17, 15) is 9.90 Å². The molecule has 1 saturated carbocycles. The van der Waals surface area contributed by atoms with E-state index in [4.69, 9.17) is 16.3 Å². The third kappa shape index (κ3) is 3.53. The van der Waals surface area contributed by atoms with Crippen molar-refractivity contribution < 1.29 is 14.6 Å². The van der Waals surface area contributed by atoms with E-state index in [0.717, 1.165) is 18.4 Å². The fraction of sp³-hybridized carbons (Fsp3) is 0.500. The summed E-state index contributed by atoms with van der Waals surface area (Å²) in [7, 11) is 0. The van der Waals surface area contributed by atoms with Gasteiger partial charge in [0.2, 0.25) is 0 Å². The number of benzene rings is 1. The number of ether oxygens (including phenoxy) is 1. The quantitative estimate of drug-likeness (QED) is 0.598. The summed E-state index contributed by atoms with van der Waals surface area (Å²) >= 11 is 6.04. The number of hydrogen-bond donors (Lipinski definition) is 1. The van der Waals surface area contributed by atoms with Gasteiger partial charge in [-0.1, -0.05) is 50.9 Å². The Bertz CT molecular complexity index is 769. The lowest BCUT2D eigenvalue weighted by atomic mass is 9.93. The third-order valence-corrected chi connectivity index (χ3v) is 6.24. The summed E-state index contributed by atoms with van der Waals surface area (Å²) < 4.78 is 8.53. The molecule has 5 heteroatoms. The smallest absolute Gasteiger partial charge is 0.310 e. The molecule has 1 N–H and O–H groups in total. The van der Waals surface area contributed by atoms with Crippen LogP contribution >= 0.6 is 11.6 Å². The molecule has 1 aliphatic rings. The Kier molecular flexibility index (Phi) is 5.68. The molecule has 0 bridgehead atoms. The highest BCUT2D eigenvalue weighted by Crippen LogP contribution is 2.69. The molecule has 0 aliphatic heterocycles. The van der Waals surface area contributed by atoms with Gasteiger partial charge in [0.05, 0.1) is 12.0 Å². The zero-order valence-electron chi connectivity index (χ0n) is 16.2. The second-order valence-corrected chi connectivity index (χ2v) is 8.40. The first kappa shape index (κ1) is 20.0. The molecule has 27 heavy (non-hydrogen) atoms. The first-order valence-electron chi connectivity index (χ1n) is 9.58. The van der Waals surface area contributed by atoms with Gasteiger partial charge in [-0.05, 0) is 42.7 Å². The van der Waals surface area contributed by atoms with E-state index >= 15 is 0 Å². The molecule has 3 rings (SSSR count). The molecule has 1 aromatic heterocycles. The van der Waals surface area contributed by atoms with Crippen molar-refractivity contribution >= 4 is 17.6 Å². The molecule has 4 nitrogen and oxygen atoms in total. The van der Waals surface area contributed by atoms with Gasteiger partial charge in [0.25, 0.3) is 0 Å². The van der Waals surface area contributed by atoms with Crippen LogP contribution in [-0.2, 0) is 16.0 Å². The van der Waals surface area contributed by atoms with Crippen molar-refractivity contribution in [3.8, 4) is 0 Å². The molecule has 2 aromatic rings. The Hall–Kier alpha value is -1.78. The van der Waals surface area contributed by atoms with E-state index in [2.05, 4.69) is 11.5 Å². The second-order valence-electron chi connectivity index (χ2n) is 7.96. The Morgan fingerprint density at radius 1 is 1.26 bits per heavy atom. The SMILES string of the molecule is CCCCOC1(C(Cc2ccc(Cl)cc2)n2cccc2)C(C(=O)O)C1(C)C. The van der Waals surface area contributed by atoms with E-state index in [1.807, 2.05) is 62.6 Å². The topological polar surface area (TPSA) is 51.5 Å². The van der Waals surface area contributed by atoms with Crippen LogP contribution in [0.5, 0.6) is 0 Å². The number of aliphatic carboxylic acids is 1. The Balaban J connectivity index is 2.01. The molecule has 0 spiro atoms. The molecule has 1 aliphatic carbocycles. The van der Waals surface area contributed by atoms with Gasteiger partial charge in [-0.2, -0.15) is 0 Å². The highest BCUT2D eigenvalue weighted by Gasteiger charge is 2.79. The summed E-state index contributed by atoms with van der Waals surface area (Å²) in [5, 5.41) is 10.6. The van der Waals surface area contributed by atoms with Crippen molar-refractivity contribution in [2.75, 3.05) is 6.61 Å². The van der Waals surface area contributed by atoms with Gasteiger partial charge >= 0.3 is 5.97 Å². The minimum atomic E-state index is -0.787. The van der Waals surface area contributed by atoms with Gasteiger partial charge in [0.15, 0.2) is 0 Å². The average molecular weight is 390 g/mol. The Labute approximate surface area is 166 Å². The largest absolute Gasteiger partial charge is 0.481 e. The van der Waals surface area contributed by atoms with Gasteiger partial charge in [-0.25, -0.2) is 0 Å². The monoisotopic (exact) mass is 389 g/mol. The summed E-state index contributed by atoms with van der Waals surface area (Å²) in [5.74, 6) is -1.33. The zero-order chi connectivity index (χ0) is 19.7. The van der Waals surface area contributed by atoms with Crippen LogP contribution in [0.3, 0.4) is 0 Å². The van der Waals surface area contributed by atoms with Gasteiger partial charge in [-0.3, -0.25) is 4.79 Å². The number of carboxylic acids is 1. The summed E-state index contributed by atoms with van der Waals surface area (Å²) in [4.78, 5) is 12.1. The Morgan fingerprint density at radius 2 is 1.89 bits per heavy atom. The highest BCUT2D eigenvalue weighted by molar-refractivity contribution is 6.30. The highest BCUT2D eigenvalue weighted by atomic mass is 35.5. The molecule has 1 heterocycles. The predicted octanol–water partition coefficient (Wildman–Crippen LogP) is 5.22. The van der Waals surface area contributed by atoms with E-state index in [-0.39, 0.29) is 6.04 Å². The van der Waals surface area contributed by atoms with Crippen molar-refractivity contribution in [1.82, 2.24) is 4.57 Å². The van der Waals surface area contributed by atoms with Crippen LogP contribution < -0.4 is 0 Å². The van der Waals surface area contributed by atoms with Crippen LogP contribution in [0.25, 0.3) is 0 Å². The van der Waals surface area contributed by atoms with Crippen LogP contribution in [0, 0.1) is 11.3 Å². The van der Waals surface area contributed by atoms with Crippen molar-refractivity contribution in [3.63, 3.8) is 0 Å². The van der Waals surface area contributed by atoms with Crippen LogP contribution in [0.1, 0.15) is 45.2 Å². The van der Waals surface area contributed by atoms with Gasteiger partial charge in [0.1, 0.15) is 5.60 Å². The fourth-order valence-electron chi connectivity index (χ4n) is 4.50. The van der Waals surface area contributed by atoms with E-state index < -0.39 is 22.9 Å². The van der Waals surface area contributed by atoms with Crippen molar-refractivity contribution in [2.45, 2.75) is 51.7 Å². The molecule has 0 radical (unpaired) electrons. The van der Waals surface area contributed by atoms with Crippen LogP contribution in [0.15, 0.2) is 48.8 Å². The summed E-state index contributed by atoms with van der Waals surface area (Å²) in [6.45, 7) is 6.70. The minimum absolute atomic E-state index is 0.110.